The summed E-state index contributed by atoms with van der Waals surface area (Å²) in [5, 5.41) is 6.92. The second-order valence-corrected chi connectivity index (χ2v) is 7.67. The molecule has 0 amide bonds. The highest BCUT2D eigenvalue weighted by Gasteiger charge is 2.33. The number of halogens is 1. The number of nitrogens with zero attached hydrogens (tertiary/aromatic N) is 2. The van der Waals surface area contributed by atoms with Gasteiger partial charge in [0.2, 0.25) is 0 Å². The van der Waals surface area contributed by atoms with Gasteiger partial charge < -0.3 is 19.9 Å². The van der Waals surface area contributed by atoms with Crippen LogP contribution in [0.2, 0.25) is 0 Å². The number of ether oxygens (including phenoxy) is 1. The molecule has 0 saturated heterocycles. The monoisotopic (exact) mass is 504 g/mol. The van der Waals surface area contributed by atoms with Crippen LogP contribution >= 0.6 is 24.0 Å². The van der Waals surface area contributed by atoms with Crippen molar-refractivity contribution in [2.45, 2.75) is 58.4 Å². The van der Waals surface area contributed by atoms with Crippen molar-refractivity contribution in [2.24, 2.45) is 10.4 Å². The fourth-order valence-corrected chi connectivity index (χ4v) is 3.96. The van der Waals surface area contributed by atoms with Gasteiger partial charge in [0.1, 0.15) is 0 Å². The summed E-state index contributed by atoms with van der Waals surface area (Å²) >= 11 is 0. The largest absolute Gasteiger partial charge is 0.385 e. The third-order valence-corrected chi connectivity index (χ3v) is 5.72. The summed E-state index contributed by atoms with van der Waals surface area (Å²) in [4.78, 5) is 16.2. The van der Waals surface area contributed by atoms with E-state index in [4.69, 9.17) is 4.74 Å². The van der Waals surface area contributed by atoms with Crippen LogP contribution in [0.15, 0.2) is 28.0 Å². The molecule has 0 aliphatic heterocycles. The average molecular weight is 504 g/mol. The van der Waals surface area contributed by atoms with Crippen molar-refractivity contribution in [1.82, 2.24) is 15.2 Å². The maximum Gasteiger partial charge on any atom is 0.250 e. The van der Waals surface area contributed by atoms with Crippen LogP contribution in [0.4, 0.5) is 0 Å². The fourth-order valence-electron chi connectivity index (χ4n) is 3.96. The van der Waals surface area contributed by atoms with E-state index in [1.165, 1.54) is 25.7 Å². The number of hydrogen-bond acceptors (Lipinski definition) is 3. The third kappa shape index (κ3) is 7.73. The number of aromatic nitrogens is 1. The summed E-state index contributed by atoms with van der Waals surface area (Å²) in [6.45, 7) is 5.37. The van der Waals surface area contributed by atoms with Gasteiger partial charge in [-0.05, 0) is 50.5 Å². The van der Waals surface area contributed by atoms with Crippen LogP contribution in [0.5, 0.6) is 0 Å². The minimum absolute atomic E-state index is 0. The van der Waals surface area contributed by atoms with Crippen molar-refractivity contribution in [2.75, 3.05) is 33.9 Å². The molecular weight excluding hydrogens is 467 g/mol. The normalized spacial score (nSPS) is 15.9. The number of rotatable bonds is 10. The summed E-state index contributed by atoms with van der Waals surface area (Å²) in [5.74, 6) is 0.867. The molecule has 0 unspecified atom stereocenters. The standard InChI is InChI=1S/C21H36N4O2.HI/c1-18-9-8-10-19(26)25(18)15-7-6-14-23-20(22-2)24-17-21(13-16-27-3)11-4-5-12-21;/h8-10H,4-7,11-17H2,1-3H3,(H2,22,23,24);1H. The third-order valence-electron chi connectivity index (χ3n) is 5.72. The van der Waals surface area contributed by atoms with Crippen LogP contribution in [-0.4, -0.2) is 44.4 Å². The molecule has 1 saturated carbocycles. The van der Waals surface area contributed by atoms with E-state index in [-0.39, 0.29) is 29.5 Å². The van der Waals surface area contributed by atoms with Crippen molar-refractivity contribution >= 4 is 29.9 Å². The molecule has 1 aliphatic carbocycles. The first-order chi connectivity index (χ1) is 13.1. The molecule has 1 aromatic heterocycles. The van der Waals surface area contributed by atoms with E-state index in [1.807, 2.05) is 30.7 Å². The van der Waals surface area contributed by atoms with Gasteiger partial charge in [-0.3, -0.25) is 9.79 Å². The van der Waals surface area contributed by atoms with E-state index < -0.39 is 0 Å². The summed E-state index contributed by atoms with van der Waals surface area (Å²) in [6, 6.07) is 5.42. The zero-order valence-corrected chi connectivity index (χ0v) is 20.0. The van der Waals surface area contributed by atoms with Crippen molar-refractivity contribution in [3.05, 3.63) is 34.2 Å². The molecule has 2 N–H and O–H groups in total. The van der Waals surface area contributed by atoms with Gasteiger partial charge in [0, 0.05) is 52.2 Å². The van der Waals surface area contributed by atoms with Gasteiger partial charge in [0.05, 0.1) is 0 Å². The van der Waals surface area contributed by atoms with E-state index in [2.05, 4.69) is 15.6 Å². The van der Waals surface area contributed by atoms with E-state index >= 15 is 0 Å². The Morgan fingerprint density at radius 3 is 2.64 bits per heavy atom. The van der Waals surface area contributed by atoms with Crippen LogP contribution in [0, 0.1) is 12.3 Å². The van der Waals surface area contributed by atoms with E-state index in [9.17, 15) is 4.79 Å². The van der Waals surface area contributed by atoms with Crippen molar-refractivity contribution in [1.29, 1.82) is 0 Å². The van der Waals surface area contributed by atoms with E-state index in [0.29, 0.717) is 5.41 Å². The molecule has 0 bridgehead atoms. The molecule has 1 aromatic rings. The highest BCUT2D eigenvalue weighted by molar-refractivity contribution is 14.0. The topological polar surface area (TPSA) is 67.7 Å². The first-order valence-corrected chi connectivity index (χ1v) is 10.2. The predicted molar refractivity (Wildman–Crippen MR) is 127 cm³/mol. The Morgan fingerprint density at radius 1 is 1.25 bits per heavy atom. The van der Waals surface area contributed by atoms with Crippen LogP contribution in [0.25, 0.3) is 0 Å². The average Bonchev–Trinajstić information content (AvgIpc) is 3.13. The first kappa shape index (κ1) is 24.9. The number of unbranched alkanes of at least 4 members (excludes halogenated alkanes) is 1. The molecular formula is C21H37IN4O2. The smallest absolute Gasteiger partial charge is 0.250 e. The summed E-state index contributed by atoms with van der Waals surface area (Å²) < 4.78 is 7.15. The maximum atomic E-state index is 11.9. The number of guanidine groups is 1. The van der Waals surface area contributed by atoms with Gasteiger partial charge in [-0.2, -0.15) is 0 Å². The van der Waals surface area contributed by atoms with Crippen molar-refractivity contribution < 1.29 is 4.74 Å². The molecule has 0 spiro atoms. The summed E-state index contributed by atoms with van der Waals surface area (Å²) in [7, 11) is 3.60. The molecule has 0 radical (unpaired) electrons. The number of aryl methyl sites for hydroxylation is 1. The second-order valence-electron chi connectivity index (χ2n) is 7.67. The first-order valence-electron chi connectivity index (χ1n) is 10.2. The lowest BCUT2D eigenvalue weighted by molar-refractivity contribution is 0.138. The molecule has 1 fully saturated rings. The summed E-state index contributed by atoms with van der Waals surface area (Å²) in [5.41, 5.74) is 1.45. The molecule has 6 nitrogen and oxygen atoms in total. The Bertz CT molecular complexity index is 654. The Kier molecular flexibility index (Phi) is 11.8. The Labute approximate surface area is 186 Å². The van der Waals surface area contributed by atoms with Gasteiger partial charge in [-0.25, -0.2) is 0 Å². The molecule has 1 heterocycles. The molecule has 160 valence electrons. The predicted octanol–water partition coefficient (Wildman–Crippen LogP) is 3.32. The molecule has 0 atom stereocenters. The second kappa shape index (κ2) is 13.2. The molecule has 0 aromatic carbocycles. The summed E-state index contributed by atoms with van der Waals surface area (Å²) in [6.07, 6.45) is 8.24. The van der Waals surface area contributed by atoms with Crippen LogP contribution in [0.3, 0.4) is 0 Å². The molecule has 1 aliphatic rings. The Hall–Kier alpha value is -1.09. The lowest BCUT2D eigenvalue weighted by Gasteiger charge is -2.30. The van der Waals surface area contributed by atoms with E-state index in [1.54, 1.807) is 13.2 Å². The lowest BCUT2D eigenvalue weighted by atomic mass is 9.83. The molecule has 2 rings (SSSR count). The maximum absolute atomic E-state index is 11.9. The van der Waals surface area contributed by atoms with Crippen LogP contribution in [-0.2, 0) is 11.3 Å². The van der Waals surface area contributed by atoms with Crippen molar-refractivity contribution in [3.8, 4) is 0 Å². The van der Waals surface area contributed by atoms with Crippen LogP contribution in [0.1, 0.15) is 50.6 Å². The van der Waals surface area contributed by atoms with Gasteiger partial charge >= 0.3 is 0 Å². The number of methoxy groups -OCH3 is 1. The number of nitrogens with one attached hydrogen (secondary N) is 2. The van der Waals surface area contributed by atoms with Gasteiger partial charge in [-0.15, -0.1) is 24.0 Å². The zero-order valence-electron chi connectivity index (χ0n) is 17.6. The minimum atomic E-state index is 0. The highest BCUT2D eigenvalue weighted by atomic mass is 127. The number of aliphatic imine (C=N–C) groups is 1. The fraction of sp³-hybridized carbons (Fsp3) is 0.714. The number of hydrogen-bond donors (Lipinski definition) is 2. The van der Waals surface area contributed by atoms with Crippen molar-refractivity contribution in [3.63, 3.8) is 0 Å². The minimum Gasteiger partial charge on any atom is -0.385 e. The molecule has 7 heteroatoms. The van der Waals surface area contributed by atoms with E-state index in [0.717, 1.165) is 57.2 Å². The van der Waals surface area contributed by atoms with Crippen LogP contribution < -0.4 is 16.2 Å². The highest BCUT2D eigenvalue weighted by Crippen LogP contribution is 2.40. The lowest BCUT2D eigenvalue weighted by Crippen LogP contribution is -2.43. The SMILES string of the molecule is CN=C(NCCCCn1c(C)cccc1=O)NCC1(CCOC)CCCC1.I. The van der Waals surface area contributed by atoms with Gasteiger partial charge in [0.25, 0.3) is 5.56 Å². The van der Waals surface area contributed by atoms with Gasteiger partial charge in [0.15, 0.2) is 5.96 Å². The Balaban J connectivity index is 0.00000392. The number of pyridine rings is 1. The van der Waals surface area contributed by atoms with Gasteiger partial charge in [-0.1, -0.05) is 18.9 Å². The Morgan fingerprint density at radius 2 is 2.00 bits per heavy atom. The quantitative estimate of drug-likeness (QED) is 0.222. The zero-order chi connectivity index (χ0) is 19.5. The molecule has 28 heavy (non-hydrogen) atoms.